The first kappa shape index (κ1) is 71.1. The van der Waals surface area contributed by atoms with Crippen molar-refractivity contribution in [2.75, 3.05) is 17.3 Å². The molecule has 20 heteroatoms. The van der Waals surface area contributed by atoms with Crippen LogP contribution in [0.1, 0.15) is 0 Å². The Labute approximate surface area is 644 Å². The van der Waals surface area contributed by atoms with Crippen LogP contribution in [-0.4, -0.2) is 25.1 Å². The summed E-state index contributed by atoms with van der Waals surface area (Å²) in [5.74, 6) is 3.00. The highest BCUT2D eigenvalue weighted by atomic mass is 35.6. The molecule has 4 aliphatic heterocycles. The van der Waals surface area contributed by atoms with Crippen LogP contribution in [0.4, 0.5) is 22.7 Å². The Morgan fingerprint density at radius 2 is 0.423 bits per heavy atom. The summed E-state index contributed by atoms with van der Waals surface area (Å²) in [6.45, 7) is 0. The van der Waals surface area contributed by atoms with E-state index in [-0.39, 0.29) is 0 Å². The number of benzene rings is 16. The lowest BCUT2D eigenvalue weighted by molar-refractivity contribution is 0.399. The van der Waals surface area contributed by atoms with Gasteiger partial charge in [-0.1, -0.05) is 347 Å². The van der Waals surface area contributed by atoms with Gasteiger partial charge < -0.3 is 23.2 Å². The molecule has 9 nitrogen and oxygen atoms in total. The second-order valence-electron chi connectivity index (χ2n) is 24.0. The van der Waals surface area contributed by atoms with Gasteiger partial charge in [0.15, 0.2) is 12.9 Å². The molecule has 20 rings (SSSR count). The molecule has 0 saturated carbocycles. The molecule has 2 atom stereocenters. The van der Waals surface area contributed by atoms with Gasteiger partial charge in [0.05, 0.1) is 22.7 Å². The van der Waals surface area contributed by atoms with Gasteiger partial charge in [-0.05, 0) is 135 Å². The van der Waals surface area contributed by atoms with Crippen molar-refractivity contribution in [2.45, 2.75) is 12.9 Å². The van der Waals surface area contributed by atoms with E-state index in [1.807, 2.05) is 0 Å². The van der Waals surface area contributed by atoms with E-state index in [1.54, 1.807) is 0 Å². The predicted octanol–water partition coefficient (Wildman–Crippen LogP) is 29.8. The third-order valence-corrected chi connectivity index (χ3v) is 21.9. The highest BCUT2D eigenvalue weighted by Crippen LogP contribution is 2.67. The zero-order valence-electron chi connectivity index (χ0n) is 54.7. The lowest BCUT2D eigenvalue weighted by Gasteiger charge is -2.25. The molecule has 0 saturated heterocycles. The summed E-state index contributed by atoms with van der Waals surface area (Å²) in [4.78, 5) is 0. The van der Waals surface area contributed by atoms with Crippen molar-refractivity contribution < 1.29 is 23.2 Å². The van der Waals surface area contributed by atoms with E-state index in [1.165, 1.54) is 10.8 Å². The van der Waals surface area contributed by atoms with Gasteiger partial charge in [-0.15, -0.1) is 0 Å². The standard InChI is InChI=1S/2C40H25N2O2P.3CHCl3.CH4O/c2*1-5-13-29-25(9-1)17-21-33-37(29)39-31-15-7-3-11-27(31)19-23-35(39)43-45(41-33)42-34-22-18-26-10-2-6-14-30(26)38(34)40-32-16-8-4-12-28(32)20-24-36(40)44-45;3*2-1(3)4;1-2/h2*1-24,41H;3*1H;2H,1H3/t2*45-;;;;/m11..../s1. The number of fused-ring (bicyclic) bond motifs is 28. The molecule has 4 heterocycles. The number of aliphatic hydroxyl groups is 1. The summed E-state index contributed by atoms with van der Waals surface area (Å²) >= 11 is 43.3. The van der Waals surface area contributed by atoms with Crippen molar-refractivity contribution in [3.05, 3.63) is 291 Å². The smallest absolute Gasteiger partial charge is 0.414 e. The average Bonchev–Trinajstić information content (AvgIpc) is 1.58. The SMILES string of the molecule is CO.ClC(Cl)Cl.ClC(Cl)Cl.ClC(Cl)Cl.c1ccc2c3c(ccc2c1)N=[P@@]1(Nc2ccc4ccccc4c2-c2c(ccc4ccccc24)O1)Oc1ccc2ccccc2c1-3.c1ccc2c3c(ccc2c1)N=[P@@]1(Nc2ccc4ccccc4c2-c2c(ccc4ccccc24)O1)Oc1ccc2ccccc2c1-3. The number of hydrogen-bond acceptors (Lipinski definition) is 9. The summed E-state index contributed by atoms with van der Waals surface area (Å²) < 4.78 is 37.3. The fraction of sp³-hybridized carbons (Fsp3) is 0.0476. The number of rotatable bonds is 0. The number of hydrogen-bond donors (Lipinski definition) is 3. The Morgan fingerprint density at radius 1 is 0.240 bits per heavy atom. The number of halogens is 9. The molecule has 0 aromatic heterocycles. The van der Waals surface area contributed by atoms with Crippen molar-refractivity contribution in [3.63, 3.8) is 0 Å². The molecule has 2 spiro atoms. The summed E-state index contributed by atoms with van der Waals surface area (Å²) in [5, 5.41) is 32.9. The fourth-order valence-electron chi connectivity index (χ4n) is 14.2. The third kappa shape index (κ3) is 13.9. The molecule has 0 aliphatic carbocycles. The number of alkyl halides is 9. The van der Waals surface area contributed by atoms with E-state index in [4.69, 9.17) is 137 Å². The van der Waals surface area contributed by atoms with E-state index in [2.05, 4.69) is 301 Å². The van der Waals surface area contributed by atoms with Gasteiger partial charge in [-0.25, -0.2) is 0 Å². The maximum absolute atomic E-state index is 7.15. The molecule has 516 valence electrons. The zero-order chi connectivity index (χ0) is 71.8. The molecule has 16 aromatic rings. The zero-order valence-corrected chi connectivity index (χ0v) is 63.3. The number of aliphatic hydroxyl groups excluding tert-OH is 1. The fourth-order valence-corrected chi connectivity index (χ4v) is 18.3. The molecular formula is C84H57Cl9N4O5P2. The lowest BCUT2D eigenvalue weighted by atomic mass is 9.92. The quantitative estimate of drug-likeness (QED) is 0.103. The molecule has 4 aliphatic rings. The molecule has 0 fully saturated rings. The minimum atomic E-state index is -3.24. The van der Waals surface area contributed by atoms with Gasteiger partial charge in [0.2, 0.25) is 0 Å². The first-order valence-corrected chi connectivity index (χ1v) is 39.7. The van der Waals surface area contributed by atoms with Gasteiger partial charge in [-0.3, -0.25) is 10.2 Å². The summed E-state index contributed by atoms with van der Waals surface area (Å²) in [6, 6.07) is 102. The van der Waals surface area contributed by atoms with Crippen LogP contribution in [-0.2, 0) is 0 Å². The minimum Gasteiger partial charge on any atom is -0.414 e. The maximum Gasteiger partial charge on any atom is 0.427 e. The highest BCUT2D eigenvalue weighted by Gasteiger charge is 2.40. The monoisotopic (exact) mass is 1580 g/mol. The van der Waals surface area contributed by atoms with Gasteiger partial charge in [-0.2, -0.15) is 9.49 Å². The maximum atomic E-state index is 7.15. The van der Waals surface area contributed by atoms with E-state index in [0.29, 0.717) is 0 Å². The van der Waals surface area contributed by atoms with Crippen LogP contribution in [0.25, 0.3) is 131 Å². The van der Waals surface area contributed by atoms with Crippen LogP contribution in [0.3, 0.4) is 0 Å². The Hall–Kier alpha value is -8.57. The Morgan fingerprint density at radius 3 is 0.663 bits per heavy atom. The topological polar surface area (TPSA) is 106 Å². The van der Waals surface area contributed by atoms with Gasteiger partial charge in [0.1, 0.15) is 23.0 Å². The van der Waals surface area contributed by atoms with Crippen LogP contribution in [0.5, 0.6) is 23.0 Å². The molecule has 0 radical (unpaired) electrons. The number of nitrogens with zero attached hydrogens (tertiary/aromatic N) is 2. The molecule has 0 unspecified atom stereocenters. The third-order valence-electron chi connectivity index (χ3n) is 18.1. The largest absolute Gasteiger partial charge is 0.427 e. The normalized spacial score (nSPS) is 15.2. The van der Waals surface area contributed by atoms with Crippen molar-refractivity contribution in [2.24, 2.45) is 9.49 Å². The average molecular weight is 1580 g/mol. The highest BCUT2D eigenvalue weighted by molar-refractivity contribution is 7.59. The van der Waals surface area contributed by atoms with E-state index in [0.717, 1.165) is 173 Å². The van der Waals surface area contributed by atoms with Crippen molar-refractivity contribution in [3.8, 4) is 67.5 Å². The second kappa shape index (κ2) is 30.5. The van der Waals surface area contributed by atoms with Gasteiger partial charge in [0, 0.05) is 51.6 Å². The summed E-state index contributed by atoms with van der Waals surface area (Å²) in [6.07, 6.45) is 0. The van der Waals surface area contributed by atoms with Crippen LogP contribution in [0, 0.1) is 0 Å². The lowest BCUT2D eigenvalue weighted by Crippen LogP contribution is -2.09. The Bertz CT molecular complexity index is 5600. The molecule has 104 heavy (non-hydrogen) atoms. The van der Waals surface area contributed by atoms with Gasteiger partial charge in [0.25, 0.3) is 0 Å². The van der Waals surface area contributed by atoms with E-state index < -0.39 is 28.2 Å². The first-order valence-electron chi connectivity index (χ1n) is 32.7. The van der Waals surface area contributed by atoms with Crippen LogP contribution < -0.4 is 28.3 Å². The van der Waals surface area contributed by atoms with Crippen LogP contribution in [0.15, 0.2) is 301 Å². The Kier molecular flexibility index (Phi) is 20.8. The number of nitrogens with one attached hydrogen (secondary N) is 2. The molecule has 16 aromatic carbocycles. The van der Waals surface area contributed by atoms with E-state index in [9.17, 15) is 0 Å². The molecule has 3 N–H and O–H groups in total. The summed E-state index contributed by atoms with van der Waals surface area (Å²) in [7, 11) is -5.47. The summed E-state index contributed by atoms with van der Waals surface area (Å²) in [5.41, 5.74) is 12.0. The molecule has 0 bridgehead atoms. The minimum absolute atomic E-state index is 0.750. The second-order valence-corrected chi connectivity index (χ2v) is 33.6. The van der Waals surface area contributed by atoms with Crippen molar-refractivity contribution in [1.82, 2.24) is 0 Å². The van der Waals surface area contributed by atoms with Crippen LogP contribution in [0.2, 0.25) is 0 Å². The molecule has 0 amide bonds. The molecular weight excluding hydrogens is 1530 g/mol. The predicted molar refractivity (Wildman–Crippen MR) is 448 cm³/mol. The van der Waals surface area contributed by atoms with Crippen molar-refractivity contribution in [1.29, 1.82) is 0 Å². The Balaban J connectivity index is 0.000000142. The van der Waals surface area contributed by atoms with Crippen LogP contribution >= 0.6 is 120 Å². The number of anilines is 2. The van der Waals surface area contributed by atoms with Crippen molar-refractivity contribution >= 4 is 229 Å². The van der Waals surface area contributed by atoms with Gasteiger partial charge >= 0.3 is 15.3 Å². The van der Waals surface area contributed by atoms with E-state index >= 15 is 0 Å². The first-order chi connectivity index (χ1) is 50.7.